The van der Waals surface area contributed by atoms with Gasteiger partial charge in [0.15, 0.2) is 0 Å². The van der Waals surface area contributed by atoms with Crippen LogP contribution in [0.4, 0.5) is 5.82 Å². The molecule has 0 fully saturated rings. The Morgan fingerprint density at radius 3 is 2.96 bits per heavy atom. The number of hydrogen-bond acceptors (Lipinski definition) is 3. The van der Waals surface area contributed by atoms with Crippen molar-refractivity contribution in [2.24, 2.45) is 0 Å². The van der Waals surface area contributed by atoms with E-state index in [0.29, 0.717) is 5.82 Å². The molecule has 1 N–H and O–H groups in total. The Labute approximate surface area is 137 Å². The number of rotatable bonds is 7. The van der Waals surface area contributed by atoms with Gasteiger partial charge in [-0.25, -0.2) is 9.97 Å². The molecule has 0 saturated carbocycles. The molecule has 0 radical (unpaired) electrons. The van der Waals surface area contributed by atoms with Crippen LogP contribution in [0.25, 0.3) is 6.08 Å². The first kappa shape index (κ1) is 16.9. The summed E-state index contributed by atoms with van der Waals surface area (Å²) < 4.78 is 0. The van der Waals surface area contributed by atoms with Crippen molar-refractivity contribution in [3.05, 3.63) is 60.1 Å². The molecule has 4 nitrogen and oxygen atoms in total. The van der Waals surface area contributed by atoms with Gasteiger partial charge in [-0.15, -0.1) is 0 Å². The van der Waals surface area contributed by atoms with Crippen LogP contribution >= 0.6 is 0 Å². The quantitative estimate of drug-likeness (QED) is 0.770. The SMILES string of the molecule is CCCC/C=C/c1cccc(C(C)C(=O)Nc2ccncn2)c1. The van der Waals surface area contributed by atoms with E-state index in [2.05, 4.69) is 46.5 Å². The van der Waals surface area contributed by atoms with Crippen molar-refractivity contribution in [2.45, 2.75) is 39.0 Å². The van der Waals surface area contributed by atoms with Crippen LogP contribution in [0.2, 0.25) is 0 Å². The molecule has 1 aromatic heterocycles. The Balaban J connectivity index is 2.02. The molecular formula is C19H23N3O. The lowest BCUT2D eigenvalue weighted by atomic mass is 9.98. The monoisotopic (exact) mass is 309 g/mol. The van der Waals surface area contributed by atoms with Gasteiger partial charge in [-0.1, -0.05) is 56.2 Å². The lowest BCUT2D eigenvalue weighted by Crippen LogP contribution is -2.19. The van der Waals surface area contributed by atoms with Crippen molar-refractivity contribution in [1.82, 2.24) is 9.97 Å². The summed E-state index contributed by atoms with van der Waals surface area (Å²) in [5, 5.41) is 2.81. The van der Waals surface area contributed by atoms with E-state index in [1.807, 2.05) is 19.1 Å². The molecule has 1 amide bonds. The minimum atomic E-state index is -0.242. The van der Waals surface area contributed by atoms with Crippen LogP contribution < -0.4 is 5.32 Å². The average molecular weight is 309 g/mol. The second-order valence-electron chi connectivity index (χ2n) is 5.52. The third kappa shape index (κ3) is 5.33. The van der Waals surface area contributed by atoms with Gasteiger partial charge in [-0.2, -0.15) is 0 Å². The zero-order chi connectivity index (χ0) is 16.5. The van der Waals surface area contributed by atoms with Crippen molar-refractivity contribution >= 4 is 17.8 Å². The fraction of sp³-hybridized carbons (Fsp3) is 0.316. The molecule has 0 aliphatic rings. The van der Waals surface area contributed by atoms with E-state index in [1.54, 1.807) is 12.3 Å². The zero-order valence-corrected chi connectivity index (χ0v) is 13.7. The predicted molar refractivity (Wildman–Crippen MR) is 94.1 cm³/mol. The van der Waals surface area contributed by atoms with Gasteiger partial charge in [0, 0.05) is 6.20 Å². The molecule has 0 bridgehead atoms. The summed E-state index contributed by atoms with van der Waals surface area (Å²) in [6, 6.07) is 9.77. The van der Waals surface area contributed by atoms with E-state index < -0.39 is 0 Å². The average Bonchev–Trinajstić information content (AvgIpc) is 2.59. The lowest BCUT2D eigenvalue weighted by Gasteiger charge is -2.12. The highest BCUT2D eigenvalue weighted by Crippen LogP contribution is 2.19. The molecule has 2 aromatic rings. The highest BCUT2D eigenvalue weighted by atomic mass is 16.1. The molecule has 4 heteroatoms. The van der Waals surface area contributed by atoms with Gasteiger partial charge < -0.3 is 5.32 Å². The first-order valence-corrected chi connectivity index (χ1v) is 8.04. The minimum Gasteiger partial charge on any atom is -0.310 e. The topological polar surface area (TPSA) is 54.9 Å². The smallest absolute Gasteiger partial charge is 0.232 e. The maximum Gasteiger partial charge on any atom is 0.232 e. The summed E-state index contributed by atoms with van der Waals surface area (Å²) in [7, 11) is 0. The molecule has 0 aliphatic carbocycles. The maximum atomic E-state index is 12.3. The standard InChI is InChI=1S/C19H23N3O/c1-3-4-5-6-8-16-9-7-10-17(13-16)15(2)19(23)22-18-11-12-20-14-21-18/h6-15H,3-5H2,1-2H3,(H,20,21,22,23)/b8-6+. The molecule has 1 aromatic carbocycles. The first-order valence-electron chi connectivity index (χ1n) is 8.04. The minimum absolute atomic E-state index is 0.0733. The van der Waals surface area contributed by atoms with Crippen LogP contribution in [0.3, 0.4) is 0 Å². The third-order valence-electron chi connectivity index (χ3n) is 3.67. The van der Waals surface area contributed by atoms with E-state index in [1.165, 1.54) is 19.2 Å². The summed E-state index contributed by atoms with van der Waals surface area (Å²) in [4.78, 5) is 20.2. The van der Waals surface area contributed by atoms with Crippen LogP contribution in [0.5, 0.6) is 0 Å². The Morgan fingerprint density at radius 2 is 2.22 bits per heavy atom. The Morgan fingerprint density at radius 1 is 1.35 bits per heavy atom. The van der Waals surface area contributed by atoms with Crippen LogP contribution in [0, 0.1) is 0 Å². The largest absolute Gasteiger partial charge is 0.310 e. The molecular weight excluding hydrogens is 286 g/mol. The molecule has 1 heterocycles. The van der Waals surface area contributed by atoms with E-state index in [9.17, 15) is 4.79 Å². The number of allylic oxidation sites excluding steroid dienone is 1. The van der Waals surface area contributed by atoms with Crippen LogP contribution in [0.1, 0.15) is 50.2 Å². The van der Waals surface area contributed by atoms with Gasteiger partial charge in [-0.05, 0) is 30.5 Å². The Hall–Kier alpha value is -2.49. The van der Waals surface area contributed by atoms with E-state index in [0.717, 1.165) is 17.5 Å². The van der Waals surface area contributed by atoms with Crippen LogP contribution in [0.15, 0.2) is 48.9 Å². The number of anilines is 1. The second kappa shape index (κ2) is 8.83. The van der Waals surface area contributed by atoms with E-state index in [4.69, 9.17) is 0 Å². The molecule has 0 spiro atoms. The molecule has 1 atom stereocenters. The van der Waals surface area contributed by atoms with Crippen LogP contribution in [-0.2, 0) is 4.79 Å². The number of carbonyl (C=O) groups excluding carboxylic acids is 1. The fourth-order valence-electron chi connectivity index (χ4n) is 2.22. The van der Waals surface area contributed by atoms with Crippen molar-refractivity contribution < 1.29 is 4.79 Å². The number of nitrogens with one attached hydrogen (secondary N) is 1. The van der Waals surface area contributed by atoms with Crippen molar-refractivity contribution in [3.8, 4) is 0 Å². The van der Waals surface area contributed by atoms with Crippen LogP contribution in [-0.4, -0.2) is 15.9 Å². The first-order chi connectivity index (χ1) is 11.2. The number of aromatic nitrogens is 2. The van der Waals surface area contributed by atoms with Gasteiger partial charge in [0.2, 0.25) is 5.91 Å². The number of nitrogens with zero attached hydrogens (tertiary/aromatic N) is 2. The van der Waals surface area contributed by atoms with Gasteiger partial charge >= 0.3 is 0 Å². The molecule has 0 aliphatic heterocycles. The van der Waals surface area contributed by atoms with Crippen molar-refractivity contribution in [1.29, 1.82) is 0 Å². The van der Waals surface area contributed by atoms with Gasteiger partial charge in [0.25, 0.3) is 0 Å². The normalized spacial score (nSPS) is 12.3. The van der Waals surface area contributed by atoms with Crippen molar-refractivity contribution in [2.75, 3.05) is 5.32 Å². The number of benzene rings is 1. The number of amides is 1. The highest BCUT2D eigenvalue weighted by Gasteiger charge is 2.15. The summed E-state index contributed by atoms with van der Waals surface area (Å²) in [5.74, 6) is 0.206. The number of hydrogen-bond donors (Lipinski definition) is 1. The van der Waals surface area contributed by atoms with Gasteiger partial charge in [0.1, 0.15) is 12.1 Å². The fourth-order valence-corrected chi connectivity index (χ4v) is 2.22. The van der Waals surface area contributed by atoms with E-state index in [-0.39, 0.29) is 11.8 Å². The van der Waals surface area contributed by atoms with E-state index >= 15 is 0 Å². The van der Waals surface area contributed by atoms with Crippen molar-refractivity contribution in [3.63, 3.8) is 0 Å². The summed E-state index contributed by atoms with van der Waals surface area (Å²) in [5.41, 5.74) is 2.12. The molecule has 120 valence electrons. The summed E-state index contributed by atoms with van der Waals surface area (Å²) in [6.45, 7) is 4.09. The summed E-state index contributed by atoms with van der Waals surface area (Å²) in [6.07, 6.45) is 10.8. The predicted octanol–water partition coefficient (Wildman–Crippen LogP) is 4.42. The Bertz CT molecular complexity index is 653. The molecule has 2 rings (SSSR count). The zero-order valence-electron chi connectivity index (χ0n) is 13.7. The Kier molecular flexibility index (Phi) is 6.48. The highest BCUT2D eigenvalue weighted by molar-refractivity contribution is 5.94. The maximum absolute atomic E-state index is 12.3. The third-order valence-corrected chi connectivity index (χ3v) is 3.67. The molecule has 1 unspecified atom stereocenters. The summed E-state index contributed by atoms with van der Waals surface area (Å²) >= 11 is 0. The lowest BCUT2D eigenvalue weighted by molar-refractivity contribution is -0.117. The molecule has 0 saturated heterocycles. The van der Waals surface area contributed by atoms with Gasteiger partial charge in [-0.3, -0.25) is 4.79 Å². The molecule has 23 heavy (non-hydrogen) atoms. The number of unbranched alkanes of at least 4 members (excludes halogenated alkanes) is 2. The number of carbonyl (C=O) groups is 1. The van der Waals surface area contributed by atoms with Gasteiger partial charge in [0.05, 0.1) is 5.92 Å². The second-order valence-corrected chi connectivity index (χ2v) is 5.52.